The van der Waals surface area contributed by atoms with Crippen LogP contribution in [-0.4, -0.2) is 32.0 Å². The lowest BCUT2D eigenvalue weighted by Gasteiger charge is -2.08. The molecule has 0 fully saturated rings. The van der Waals surface area contributed by atoms with Gasteiger partial charge < -0.3 is 15.4 Å². The maximum Gasteiger partial charge on any atom is 0.353 e. The Bertz CT molecular complexity index is 1150. The van der Waals surface area contributed by atoms with Crippen LogP contribution < -0.4 is 15.4 Å². The smallest absolute Gasteiger partial charge is 0.353 e. The number of ether oxygens (including phenoxy) is 1. The topological polar surface area (TPSA) is 128 Å². The van der Waals surface area contributed by atoms with Crippen molar-refractivity contribution in [3.63, 3.8) is 0 Å². The summed E-state index contributed by atoms with van der Waals surface area (Å²) in [6.07, 6.45) is 4.39. The summed E-state index contributed by atoms with van der Waals surface area (Å²) in [5.74, 6) is 0.800. The van der Waals surface area contributed by atoms with Gasteiger partial charge in [-0.05, 0) is 30.3 Å². The number of nitrogens with one attached hydrogen (secondary N) is 2. The molecule has 0 saturated carbocycles. The molecule has 0 atom stereocenters. The molecule has 0 aliphatic carbocycles. The average Bonchev–Trinajstić information content (AvgIpc) is 3.10. The van der Waals surface area contributed by atoms with E-state index >= 15 is 0 Å². The minimum atomic E-state index is -0.544. The van der Waals surface area contributed by atoms with Gasteiger partial charge in [-0.15, -0.1) is 0 Å². The van der Waals surface area contributed by atoms with Gasteiger partial charge in [-0.25, -0.2) is 15.0 Å². The number of fused-ring (bicyclic) bond motifs is 1. The molecule has 0 unspecified atom stereocenters. The van der Waals surface area contributed by atoms with Crippen LogP contribution in [0.1, 0.15) is 0 Å². The van der Waals surface area contributed by atoms with Crippen LogP contribution in [0.25, 0.3) is 10.2 Å². The Balaban J connectivity index is 1.69. The zero-order valence-electron chi connectivity index (χ0n) is 14.5. The quantitative estimate of drug-likeness (QED) is 0.369. The Morgan fingerprint density at radius 2 is 2.00 bits per heavy atom. The lowest BCUT2D eigenvalue weighted by Crippen LogP contribution is -2.05. The number of anilines is 4. The number of benzene rings is 1. The molecule has 0 aliphatic rings. The van der Waals surface area contributed by atoms with Gasteiger partial charge in [-0.3, -0.25) is 15.1 Å². The molecule has 11 heteroatoms. The Hall–Kier alpha value is -3.86. The molecule has 140 valence electrons. The number of methoxy groups -OCH3 is 1. The van der Waals surface area contributed by atoms with E-state index in [1.807, 2.05) is 12.1 Å². The van der Waals surface area contributed by atoms with Crippen molar-refractivity contribution in [2.45, 2.75) is 0 Å². The van der Waals surface area contributed by atoms with Crippen LogP contribution in [0.3, 0.4) is 0 Å². The molecular weight excluding hydrogens is 382 g/mol. The van der Waals surface area contributed by atoms with Crippen LogP contribution in [0, 0.1) is 10.1 Å². The van der Waals surface area contributed by atoms with Crippen LogP contribution in [-0.2, 0) is 0 Å². The fourth-order valence-corrected chi connectivity index (χ4v) is 3.39. The van der Waals surface area contributed by atoms with Crippen molar-refractivity contribution in [2.75, 3.05) is 17.7 Å². The molecule has 3 heterocycles. The van der Waals surface area contributed by atoms with Crippen LogP contribution >= 0.6 is 11.3 Å². The SMILES string of the molecule is COc1ccc2nc(Nc3ncnc(Nc4cccnc4)c3[N+](=O)[O-])sc2c1. The predicted molar refractivity (Wildman–Crippen MR) is 106 cm³/mol. The second-order valence-corrected chi connectivity index (χ2v) is 6.55. The number of pyridine rings is 1. The van der Waals surface area contributed by atoms with Crippen LogP contribution in [0.4, 0.5) is 28.1 Å². The number of aromatic nitrogens is 4. The normalized spacial score (nSPS) is 10.6. The number of nitrogens with zero attached hydrogens (tertiary/aromatic N) is 5. The Kier molecular flexibility index (Phi) is 4.64. The first kappa shape index (κ1) is 17.5. The summed E-state index contributed by atoms with van der Waals surface area (Å²) in [4.78, 5) is 27.6. The first-order valence-electron chi connectivity index (χ1n) is 8.02. The molecule has 2 N–H and O–H groups in total. The lowest BCUT2D eigenvalue weighted by atomic mass is 10.3. The molecule has 4 aromatic rings. The van der Waals surface area contributed by atoms with Gasteiger partial charge in [-0.1, -0.05) is 11.3 Å². The highest BCUT2D eigenvalue weighted by atomic mass is 32.1. The van der Waals surface area contributed by atoms with Gasteiger partial charge in [0, 0.05) is 6.20 Å². The minimum Gasteiger partial charge on any atom is -0.497 e. The molecule has 28 heavy (non-hydrogen) atoms. The lowest BCUT2D eigenvalue weighted by molar-refractivity contribution is -0.383. The van der Waals surface area contributed by atoms with Gasteiger partial charge in [0.15, 0.2) is 5.13 Å². The van der Waals surface area contributed by atoms with E-state index in [-0.39, 0.29) is 17.3 Å². The van der Waals surface area contributed by atoms with E-state index < -0.39 is 4.92 Å². The first-order valence-corrected chi connectivity index (χ1v) is 8.84. The van der Waals surface area contributed by atoms with Crippen molar-refractivity contribution in [3.05, 3.63) is 59.2 Å². The summed E-state index contributed by atoms with van der Waals surface area (Å²) in [5, 5.41) is 18.0. The number of thiazole rings is 1. The summed E-state index contributed by atoms with van der Waals surface area (Å²) in [6, 6.07) is 8.91. The van der Waals surface area contributed by atoms with E-state index in [4.69, 9.17) is 4.74 Å². The highest BCUT2D eigenvalue weighted by Crippen LogP contribution is 2.35. The standard InChI is InChI=1S/C17H13N7O3S/c1-27-11-4-5-12-13(7-11)28-17(22-12)23-16-14(24(25)26)15(19-9-20-16)21-10-3-2-6-18-8-10/h2-9H,1H3,(H2,19,20,21,22,23). The molecule has 10 nitrogen and oxygen atoms in total. The summed E-state index contributed by atoms with van der Waals surface area (Å²) in [6.45, 7) is 0. The summed E-state index contributed by atoms with van der Waals surface area (Å²) < 4.78 is 6.09. The van der Waals surface area contributed by atoms with Gasteiger partial charge in [0.05, 0.1) is 34.1 Å². The van der Waals surface area contributed by atoms with E-state index in [0.29, 0.717) is 16.6 Å². The fraction of sp³-hybridized carbons (Fsp3) is 0.0588. The average molecular weight is 395 g/mol. The summed E-state index contributed by atoms with van der Waals surface area (Å²) >= 11 is 1.34. The first-order chi connectivity index (χ1) is 13.6. The van der Waals surface area contributed by atoms with Crippen molar-refractivity contribution in [1.29, 1.82) is 0 Å². The minimum absolute atomic E-state index is 0.0393. The summed E-state index contributed by atoms with van der Waals surface area (Å²) in [7, 11) is 1.59. The van der Waals surface area contributed by atoms with Crippen molar-refractivity contribution in [3.8, 4) is 5.75 Å². The molecule has 3 aromatic heterocycles. The zero-order chi connectivity index (χ0) is 19.5. The molecular formula is C17H13N7O3S. The van der Waals surface area contributed by atoms with Crippen LogP contribution in [0.2, 0.25) is 0 Å². The number of hydrogen-bond acceptors (Lipinski definition) is 10. The molecule has 0 bridgehead atoms. The molecule has 1 aromatic carbocycles. The fourth-order valence-electron chi connectivity index (χ4n) is 2.49. The highest BCUT2D eigenvalue weighted by molar-refractivity contribution is 7.22. The molecule has 4 rings (SSSR count). The molecule has 0 radical (unpaired) electrons. The number of nitro groups is 1. The third-order valence-electron chi connectivity index (χ3n) is 3.75. The van der Waals surface area contributed by atoms with Gasteiger partial charge in [0.25, 0.3) is 0 Å². The molecule has 0 saturated heterocycles. The monoisotopic (exact) mass is 395 g/mol. The predicted octanol–water partition coefficient (Wildman–Crippen LogP) is 3.89. The third kappa shape index (κ3) is 3.50. The highest BCUT2D eigenvalue weighted by Gasteiger charge is 2.24. The van der Waals surface area contributed by atoms with Crippen molar-refractivity contribution in [2.24, 2.45) is 0 Å². The third-order valence-corrected chi connectivity index (χ3v) is 4.68. The van der Waals surface area contributed by atoms with E-state index in [1.54, 1.807) is 37.7 Å². The number of hydrogen-bond donors (Lipinski definition) is 2. The van der Waals surface area contributed by atoms with Gasteiger partial charge >= 0.3 is 5.69 Å². The molecule has 0 aliphatic heterocycles. The zero-order valence-corrected chi connectivity index (χ0v) is 15.3. The van der Waals surface area contributed by atoms with E-state index in [2.05, 4.69) is 30.6 Å². The van der Waals surface area contributed by atoms with Crippen LogP contribution in [0.5, 0.6) is 5.75 Å². The Morgan fingerprint density at radius 3 is 2.71 bits per heavy atom. The maximum absolute atomic E-state index is 11.7. The Morgan fingerprint density at radius 1 is 1.18 bits per heavy atom. The summed E-state index contributed by atoms with van der Waals surface area (Å²) in [5.41, 5.74) is 1.03. The van der Waals surface area contributed by atoms with Gasteiger partial charge in [0.1, 0.15) is 12.1 Å². The molecule has 0 spiro atoms. The van der Waals surface area contributed by atoms with E-state index in [0.717, 1.165) is 10.2 Å². The van der Waals surface area contributed by atoms with Crippen molar-refractivity contribution < 1.29 is 9.66 Å². The maximum atomic E-state index is 11.7. The second kappa shape index (κ2) is 7.40. The van der Waals surface area contributed by atoms with Gasteiger partial charge in [-0.2, -0.15) is 0 Å². The van der Waals surface area contributed by atoms with E-state index in [1.165, 1.54) is 17.7 Å². The van der Waals surface area contributed by atoms with Crippen molar-refractivity contribution in [1.82, 2.24) is 19.9 Å². The van der Waals surface area contributed by atoms with Gasteiger partial charge in [0.2, 0.25) is 11.6 Å². The van der Waals surface area contributed by atoms with Crippen LogP contribution in [0.15, 0.2) is 49.1 Å². The Labute approximate surface area is 162 Å². The largest absolute Gasteiger partial charge is 0.497 e. The van der Waals surface area contributed by atoms with Crippen molar-refractivity contribution >= 4 is 49.7 Å². The number of rotatable bonds is 6. The molecule has 0 amide bonds. The van der Waals surface area contributed by atoms with E-state index in [9.17, 15) is 10.1 Å². The second-order valence-electron chi connectivity index (χ2n) is 5.52.